The molecule has 0 aliphatic carbocycles. The van der Waals surface area contributed by atoms with Crippen molar-refractivity contribution in [3.8, 4) is 5.75 Å². The zero-order valence-corrected chi connectivity index (χ0v) is 11.7. The highest BCUT2D eigenvalue weighted by Crippen LogP contribution is 2.25. The molecule has 108 valence electrons. The fourth-order valence-corrected chi connectivity index (χ4v) is 2.25. The summed E-state index contributed by atoms with van der Waals surface area (Å²) in [5.41, 5.74) is 6.65. The number of carbonyl (C=O) groups excluding carboxylic acids is 1. The molecular weight excluding hydrogens is 276 g/mol. The predicted molar refractivity (Wildman–Crippen MR) is 87.6 cm³/mol. The molecule has 0 saturated carbocycles. The number of benzene rings is 2. The molecule has 2 aromatic carbocycles. The monoisotopic (exact) mass is 290 g/mol. The maximum absolute atomic E-state index is 12.3. The van der Waals surface area contributed by atoms with Gasteiger partial charge in [0.25, 0.3) is 0 Å². The molecule has 0 fully saturated rings. The first-order chi connectivity index (χ1) is 10.6. The summed E-state index contributed by atoms with van der Waals surface area (Å²) in [6, 6.07) is 14.3. The van der Waals surface area contributed by atoms with Gasteiger partial charge in [0.1, 0.15) is 11.6 Å². The first-order valence-corrected chi connectivity index (χ1v) is 6.80. The number of rotatable bonds is 3. The lowest BCUT2D eigenvalue weighted by molar-refractivity contribution is 0.104. The normalized spacial score (nSPS) is 11.1. The van der Waals surface area contributed by atoms with Crippen molar-refractivity contribution in [3.05, 3.63) is 71.9 Å². The summed E-state index contributed by atoms with van der Waals surface area (Å²) < 4.78 is 0. The Kier molecular flexibility index (Phi) is 3.58. The Labute approximate surface area is 127 Å². The second-order valence-electron chi connectivity index (χ2n) is 4.89. The van der Waals surface area contributed by atoms with Crippen LogP contribution in [0.4, 0.5) is 5.82 Å². The van der Waals surface area contributed by atoms with Crippen LogP contribution in [0.25, 0.3) is 16.8 Å². The fraction of sp³-hybridized carbons (Fsp3) is 0. The van der Waals surface area contributed by atoms with Gasteiger partial charge in [0, 0.05) is 11.8 Å². The van der Waals surface area contributed by atoms with Gasteiger partial charge in [0.2, 0.25) is 0 Å². The zero-order chi connectivity index (χ0) is 15.5. The van der Waals surface area contributed by atoms with Crippen LogP contribution < -0.4 is 5.73 Å². The molecule has 0 amide bonds. The van der Waals surface area contributed by atoms with E-state index in [2.05, 4.69) is 4.98 Å². The number of hydrogen-bond donors (Lipinski definition) is 2. The first kappa shape index (κ1) is 13.8. The van der Waals surface area contributed by atoms with Crippen molar-refractivity contribution in [2.24, 2.45) is 0 Å². The Morgan fingerprint density at radius 2 is 1.82 bits per heavy atom. The number of anilines is 1. The lowest BCUT2D eigenvalue weighted by Crippen LogP contribution is -1.96. The standard InChI is InChI=1S/C18H14N2O2/c19-18-12(6-3-9-20-18)7-8-16(21)15-10-13-4-1-2-5-14(13)11-17(15)22/h1-11,22H,(H2,19,20)/b8-7+. The van der Waals surface area contributed by atoms with Crippen molar-refractivity contribution in [2.45, 2.75) is 0 Å². The second kappa shape index (κ2) is 5.69. The predicted octanol–water partition coefficient (Wildman–Crippen LogP) is 3.42. The number of hydrogen-bond acceptors (Lipinski definition) is 4. The molecular formula is C18H14N2O2. The van der Waals surface area contributed by atoms with Crippen molar-refractivity contribution in [1.29, 1.82) is 0 Å². The average Bonchev–Trinajstić information content (AvgIpc) is 2.53. The van der Waals surface area contributed by atoms with Gasteiger partial charge in [-0.1, -0.05) is 24.3 Å². The van der Waals surface area contributed by atoms with Crippen LogP contribution in [0, 0.1) is 0 Å². The van der Waals surface area contributed by atoms with Gasteiger partial charge in [-0.2, -0.15) is 0 Å². The molecule has 0 aliphatic heterocycles. The molecule has 0 spiro atoms. The number of nitrogens with two attached hydrogens (primary N) is 1. The number of pyridine rings is 1. The van der Waals surface area contributed by atoms with Gasteiger partial charge in [-0.05, 0) is 47.2 Å². The summed E-state index contributed by atoms with van der Waals surface area (Å²) in [4.78, 5) is 16.2. The van der Waals surface area contributed by atoms with E-state index >= 15 is 0 Å². The highest BCUT2D eigenvalue weighted by atomic mass is 16.3. The average molecular weight is 290 g/mol. The van der Waals surface area contributed by atoms with Crippen LogP contribution in [0.5, 0.6) is 5.75 Å². The van der Waals surface area contributed by atoms with Gasteiger partial charge in [-0.25, -0.2) is 4.98 Å². The molecule has 3 rings (SSSR count). The van der Waals surface area contributed by atoms with E-state index in [0.717, 1.165) is 10.8 Å². The van der Waals surface area contributed by atoms with Gasteiger partial charge >= 0.3 is 0 Å². The number of ketones is 1. The molecule has 1 aromatic heterocycles. The van der Waals surface area contributed by atoms with Crippen LogP contribution in [0.2, 0.25) is 0 Å². The van der Waals surface area contributed by atoms with Crippen molar-refractivity contribution >= 4 is 28.4 Å². The van der Waals surface area contributed by atoms with Crippen LogP contribution >= 0.6 is 0 Å². The minimum absolute atomic E-state index is 0.0347. The summed E-state index contributed by atoms with van der Waals surface area (Å²) in [6.07, 6.45) is 4.57. The Morgan fingerprint density at radius 3 is 2.55 bits per heavy atom. The number of carbonyl (C=O) groups is 1. The summed E-state index contributed by atoms with van der Waals surface area (Å²) in [6.45, 7) is 0. The Hall–Kier alpha value is -3.14. The van der Waals surface area contributed by atoms with Gasteiger partial charge < -0.3 is 10.8 Å². The molecule has 0 atom stereocenters. The van der Waals surface area contributed by atoms with E-state index in [1.165, 1.54) is 6.08 Å². The van der Waals surface area contributed by atoms with E-state index in [1.807, 2.05) is 24.3 Å². The van der Waals surface area contributed by atoms with Crippen LogP contribution in [0.1, 0.15) is 15.9 Å². The molecule has 1 heterocycles. The van der Waals surface area contributed by atoms with Gasteiger partial charge in [0.05, 0.1) is 5.56 Å². The zero-order valence-electron chi connectivity index (χ0n) is 11.7. The van der Waals surface area contributed by atoms with Crippen molar-refractivity contribution in [3.63, 3.8) is 0 Å². The molecule has 4 heteroatoms. The second-order valence-corrected chi connectivity index (χ2v) is 4.89. The smallest absolute Gasteiger partial charge is 0.189 e. The molecule has 0 aliphatic rings. The topological polar surface area (TPSA) is 76.2 Å². The summed E-state index contributed by atoms with van der Waals surface area (Å²) in [5.74, 6) is 0.0355. The molecule has 0 saturated heterocycles. The number of nitrogen functional groups attached to an aromatic ring is 1. The van der Waals surface area contributed by atoms with E-state index in [-0.39, 0.29) is 17.1 Å². The third-order valence-electron chi connectivity index (χ3n) is 3.41. The van der Waals surface area contributed by atoms with Gasteiger partial charge in [-0.3, -0.25) is 4.79 Å². The first-order valence-electron chi connectivity index (χ1n) is 6.80. The highest BCUT2D eigenvalue weighted by Gasteiger charge is 2.10. The SMILES string of the molecule is Nc1ncccc1/C=C/C(=O)c1cc2ccccc2cc1O. The molecule has 22 heavy (non-hydrogen) atoms. The van der Waals surface area contributed by atoms with Crippen molar-refractivity contribution in [2.75, 3.05) is 5.73 Å². The number of allylic oxidation sites excluding steroid dienone is 1. The summed E-state index contributed by atoms with van der Waals surface area (Å²) >= 11 is 0. The fourth-order valence-electron chi connectivity index (χ4n) is 2.25. The van der Waals surface area contributed by atoms with Crippen LogP contribution in [0.3, 0.4) is 0 Å². The van der Waals surface area contributed by atoms with Gasteiger partial charge in [0.15, 0.2) is 5.78 Å². The molecule has 0 radical (unpaired) electrons. The Balaban J connectivity index is 1.95. The van der Waals surface area contributed by atoms with E-state index in [0.29, 0.717) is 11.4 Å². The largest absolute Gasteiger partial charge is 0.507 e. The lowest BCUT2D eigenvalue weighted by Gasteiger charge is -2.04. The summed E-state index contributed by atoms with van der Waals surface area (Å²) in [5, 5.41) is 11.8. The van der Waals surface area contributed by atoms with E-state index in [4.69, 9.17) is 5.73 Å². The molecule has 4 nitrogen and oxygen atoms in total. The minimum atomic E-state index is -0.286. The quantitative estimate of drug-likeness (QED) is 0.572. The lowest BCUT2D eigenvalue weighted by atomic mass is 10.0. The third-order valence-corrected chi connectivity index (χ3v) is 3.41. The molecule has 0 bridgehead atoms. The van der Waals surface area contributed by atoms with Crippen LogP contribution in [-0.2, 0) is 0 Å². The number of aromatic nitrogens is 1. The van der Waals surface area contributed by atoms with E-state index < -0.39 is 0 Å². The highest BCUT2D eigenvalue weighted by molar-refractivity contribution is 6.10. The number of phenolic OH excluding ortho intramolecular Hbond substituents is 1. The number of aromatic hydroxyl groups is 1. The van der Waals surface area contributed by atoms with Gasteiger partial charge in [-0.15, -0.1) is 0 Å². The number of phenols is 1. The van der Waals surface area contributed by atoms with Crippen molar-refractivity contribution < 1.29 is 9.90 Å². The number of fused-ring (bicyclic) bond motifs is 1. The molecule has 3 aromatic rings. The molecule has 3 N–H and O–H groups in total. The van der Waals surface area contributed by atoms with Crippen molar-refractivity contribution in [1.82, 2.24) is 4.98 Å². The van der Waals surface area contributed by atoms with Crippen LogP contribution in [-0.4, -0.2) is 15.9 Å². The Morgan fingerprint density at radius 1 is 1.09 bits per heavy atom. The Bertz CT molecular complexity index is 885. The van der Waals surface area contributed by atoms with E-state index in [9.17, 15) is 9.90 Å². The maximum Gasteiger partial charge on any atom is 0.189 e. The number of nitrogens with zero attached hydrogens (tertiary/aromatic N) is 1. The minimum Gasteiger partial charge on any atom is -0.507 e. The molecule has 0 unspecified atom stereocenters. The third kappa shape index (κ3) is 2.67. The summed E-state index contributed by atoms with van der Waals surface area (Å²) in [7, 11) is 0. The maximum atomic E-state index is 12.3. The van der Waals surface area contributed by atoms with Crippen LogP contribution in [0.15, 0.2) is 60.8 Å². The van der Waals surface area contributed by atoms with E-state index in [1.54, 1.807) is 36.5 Å².